The lowest BCUT2D eigenvalue weighted by atomic mass is 9.91. The molecule has 1 N–H and O–H groups in total. The molecule has 0 radical (unpaired) electrons. The van der Waals surface area contributed by atoms with Crippen molar-refractivity contribution in [1.29, 1.82) is 0 Å². The monoisotopic (exact) mass is 307 g/mol. The summed E-state index contributed by atoms with van der Waals surface area (Å²) in [6.45, 7) is 0.988. The number of aliphatic carboxylic acids is 1. The molecule has 4 nitrogen and oxygen atoms in total. The Hall–Kier alpha value is -1.55. The Morgan fingerprint density at radius 2 is 2.10 bits per heavy atom. The number of hydrogen-bond donors (Lipinski definition) is 1. The van der Waals surface area contributed by atoms with E-state index in [4.69, 9.17) is 16.7 Å². The smallest absolute Gasteiger partial charge is 0.308 e. The van der Waals surface area contributed by atoms with Crippen LogP contribution in [0, 0.1) is 5.92 Å². The van der Waals surface area contributed by atoms with Gasteiger partial charge in [-0.3, -0.25) is 9.59 Å². The number of nitrogens with zero attached hydrogens (tertiary/aromatic N) is 1. The molecule has 0 aromatic heterocycles. The zero-order chi connectivity index (χ0) is 15.0. The molecule has 0 spiro atoms. The summed E-state index contributed by atoms with van der Waals surface area (Å²) in [6, 6.07) is 7.45. The summed E-state index contributed by atoms with van der Waals surface area (Å²) in [7, 11) is 0. The number of piperidine rings is 1. The van der Waals surface area contributed by atoms with Gasteiger partial charge in [-0.2, -0.15) is 0 Å². The molecule has 1 saturated carbocycles. The summed E-state index contributed by atoms with van der Waals surface area (Å²) in [5.41, 5.74) is 0.489. The Balaban J connectivity index is 1.80. The summed E-state index contributed by atoms with van der Waals surface area (Å²) in [5.74, 6) is -1.17. The van der Waals surface area contributed by atoms with Crippen LogP contribution in [0.3, 0.4) is 0 Å². The van der Waals surface area contributed by atoms with Crippen LogP contribution in [0.5, 0.6) is 0 Å². The van der Waals surface area contributed by atoms with Gasteiger partial charge < -0.3 is 10.0 Å². The number of carbonyl (C=O) groups excluding carboxylic acids is 1. The Morgan fingerprint density at radius 3 is 2.71 bits per heavy atom. The molecule has 1 aliphatic heterocycles. The summed E-state index contributed by atoms with van der Waals surface area (Å²) in [6.07, 6.45) is 3.05. The second kappa shape index (κ2) is 5.34. The van der Waals surface area contributed by atoms with Crippen LogP contribution in [0.2, 0.25) is 5.02 Å². The Morgan fingerprint density at radius 1 is 1.33 bits per heavy atom. The minimum absolute atomic E-state index is 0.0655. The number of halogens is 1. The van der Waals surface area contributed by atoms with Crippen molar-refractivity contribution >= 4 is 23.5 Å². The zero-order valence-electron chi connectivity index (χ0n) is 11.7. The van der Waals surface area contributed by atoms with Crippen LogP contribution in [0.15, 0.2) is 24.3 Å². The molecule has 1 atom stereocenters. The molecule has 3 rings (SSSR count). The maximum atomic E-state index is 12.9. The van der Waals surface area contributed by atoms with Crippen LogP contribution in [0.1, 0.15) is 31.2 Å². The van der Waals surface area contributed by atoms with Crippen LogP contribution in [0.4, 0.5) is 0 Å². The largest absolute Gasteiger partial charge is 0.481 e. The minimum Gasteiger partial charge on any atom is -0.481 e. The molecule has 1 aromatic carbocycles. The molecule has 5 heteroatoms. The van der Waals surface area contributed by atoms with Gasteiger partial charge in [-0.25, -0.2) is 0 Å². The first-order valence-electron chi connectivity index (χ1n) is 7.31. The van der Waals surface area contributed by atoms with Gasteiger partial charge >= 0.3 is 5.97 Å². The maximum Gasteiger partial charge on any atom is 0.308 e. The zero-order valence-corrected chi connectivity index (χ0v) is 12.5. The fraction of sp³-hybridized carbons (Fsp3) is 0.500. The number of rotatable bonds is 3. The van der Waals surface area contributed by atoms with E-state index in [0.717, 1.165) is 24.8 Å². The molecular weight excluding hydrogens is 290 g/mol. The van der Waals surface area contributed by atoms with Crippen LogP contribution in [0.25, 0.3) is 0 Å². The first-order chi connectivity index (χ1) is 10.0. The lowest BCUT2D eigenvalue weighted by Crippen LogP contribution is -2.46. The third-order valence-electron chi connectivity index (χ3n) is 4.59. The predicted molar refractivity (Wildman–Crippen MR) is 79.3 cm³/mol. The maximum absolute atomic E-state index is 12.9. The summed E-state index contributed by atoms with van der Waals surface area (Å²) >= 11 is 6.03. The number of likely N-dealkylation sites (tertiary alicyclic amines) is 1. The average molecular weight is 308 g/mol. The number of hydrogen-bond acceptors (Lipinski definition) is 2. The molecule has 0 bridgehead atoms. The van der Waals surface area contributed by atoms with Gasteiger partial charge in [0.15, 0.2) is 0 Å². The number of carbonyl (C=O) groups is 2. The third-order valence-corrected chi connectivity index (χ3v) is 4.83. The van der Waals surface area contributed by atoms with Crippen molar-refractivity contribution < 1.29 is 14.7 Å². The van der Waals surface area contributed by atoms with Crippen molar-refractivity contribution in [1.82, 2.24) is 4.90 Å². The van der Waals surface area contributed by atoms with Gasteiger partial charge in [0.2, 0.25) is 5.91 Å². The number of carboxylic acids is 1. The first kappa shape index (κ1) is 14.4. The molecule has 21 heavy (non-hydrogen) atoms. The summed E-state index contributed by atoms with van der Waals surface area (Å²) in [4.78, 5) is 25.7. The molecule has 1 aliphatic carbocycles. The van der Waals surface area contributed by atoms with Crippen LogP contribution < -0.4 is 0 Å². The first-order valence-corrected chi connectivity index (χ1v) is 7.69. The topological polar surface area (TPSA) is 57.6 Å². The molecule has 1 heterocycles. The summed E-state index contributed by atoms with van der Waals surface area (Å²) < 4.78 is 0. The molecule has 2 fully saturated rings. The minimum atomic E-state index is -0.805. The second-order valence-electron chi connectivity index (χ2n) is 6.02. The van der Waals surface area contributed by atoms with Gasteiger partial charge in [0, 0.05) is 18.1 Å². The lowest BCUT2D eigenvalue weighted by Gasteiger charge is -2.33. The van der Waals surface area contributed by atoms with E-state index in [2.05, 4.69) is 0 Å². The standard InChI is InChI=1S/C16H18ClNO3/c17-13-5-1-4-12(9-13)16(6-7-16)15(21)18-8-2-3-11(10-18)14(19)20/h1,4-5,9,11H,2-3,6-8,10H2,(H,19,20). The molecule has 2 aliphatic rings. The van der Waals surface area contributed by atoms with Crippen LogP contribution >= 0.6 is 11.6 Å². The molecular formula is C16H18ClNO3. The van der Waals surface area contributed by atoms with Crippen molar-refractivity contribution in [3.05, 3.63) is 34.9 Å². The van der Waals surface area contributed by atoms with E-state index in [-0.39, 0.29) is 5.91 Å². The normalized spacial score (nSPS) is 23.7. The van der Waals surface area contributed by atoms with E-state index in [9.17, 15) is 9.59 Å². The highest BCUT2D eigenvalue weighted by Crippen LogP contribution is 2.50. The lowest BCUT2D eigenvalue weighted by molar-refractivity contribution is -0.146. The van der Waals surface area contributed by atoms with E-state index in [1.54, 1.807) is 11.0 Å². The van der Waals surface area contributed by atoms with Gasteiger partial charge in [-0.05, 0) is 43.4 Å². The molecule has 1 saturated heterocycles. The predicted octanol–water partition coefficient (Wildman–Crippen LogP) is 2.69. The second-order valence-corrected chi connectivity index (χ2v) is 6.46. The van der Waals surface area contributed by atoms with E-state index in [1.165, 1.54) is 0 Å². The number of amides is 1. The average Bonchev–Trinajstić information content (AvgIpc) is 3.28. The van der Waals surface area contributed by atoms with Crippen molar-refractivity contribution in [2.24, 2.45) is 5.92 Å². The fourth-order valence-corrected chi connectivity index (χ4v) is 3.39. The molecule has 1 amide bonds. The Labute approximate surface area is 128 Å². The fourth-order valence-electron chi connectivity index (χ4n) is 3.20. The summed E-state index contributed by atoms with van der Waals surface area (Å²) in [5, 5.41) is 9.79. The Bertz CT molecular complexity index is 583. The highest BCUT2D eigenvalue weighted by Gasteiger charge is 2.53. The van der Waals surface area contributed by atoms with Crippen molar-refractivity contribution in [2.75, 3.05) is 13.1 Å². The van der Waals surface area contributed by atoms with E-state index in [1.807, 2.05) is 18.2 Å². The SMILES string of the molecule is O=C(O)C1CCCN(C(=O)C2(c3cccc(Cl)c3)CC2)C1. The van der Waals surface area contributed by atoms with Gasteiger partial charge in [0.25, 0.3) is 0 Å². The van der Waals surface area contributed by atoms with E-state index < -0.39 is 17.3 Å². The van der Waals surface area contributed by atoms with Gasteiger partial charge in [0.1, 0.15) is 0 Å². The molecule has 1 unspecified atom stereocenters. The van der Waals surface area contributed by atoms with Crippen molar-refractivity contribution in [3.8, 4) is 0 Å². The van der Waals surface area contributed by atoms with Crippen LogP contribution in [-0.2, 0) is 15.0 Å². The molecule has 1 aromatic rings. The van der Waals surface area contributed by atoms with E-state index in [0.29, 0.717) is 24.5 Å². The Kier molecular flexibility index (Phi) is 3.66. The number of carboxylic acid groups (broad SMARTS) is 1. The highest BCUT2D eigenvalue weighted by molar-refractivity contribution is 6.30. The number of benzene rings is 1. The van der Waals surface area contributed by atoms with Crippen molar-refractivity contribution in [3.63, 3.8) is 0 Å². The molecule has 112 valence electrons. The third kappa shape index (κ3) is 2.64. The highest BCUT2D eigenvalue weighted by atomic mass is 35.5. The van der Waals surface area contributed by atoms with Gasteiger partial charge in [-0.1, -0.05) is 23.7 Å². The van der Waals surface area contributed by atoms with E-state index >= 15 is 0 Å². The van der Waals surface area contributed by atoms with Gasteiger partial charge in [0.05, 0.1) is 11.3 Å². The quantitative estimate of drug-likeness (QED) is 0.934. The van der Waals surface area contributed by atoms with Gasteiger partial charge in [-0.15, -0.1) is 0 Å². The van der Waals surface area contributed by atoms with Crippen molar-refractivity contribution in [2.45, 2.75) is 31.1 Å². The van der Waals surface area contributed by atoms with Crippen LogP contribution in [-0.4, -0.2) is 35.0 Å².